The van der Waals surface area contributed by atoms with Crippen molar-refractivity contribution in [1.82, 2.24) is 4.90 Å². The standard InChI is InChI=1S/C20H17NO2/c1-21-12-16(10-14-6-2-4-8-18(14)22)20-17(13-21)11-15-7-3-5-9-19(15)23-20/h2-11H,12-13H2,1H3/p+1/b16-10-. The normalized spacial score (nSPS) is 16.7. The Morgan fingerprint density at radius 2 is 1.83 bits per heavy atom. The third kappa shape index (κ3) is 2.60. The van der Waals surface area contributed by atoms with Gasteiger partial charge in [0, 0.05) is 24.7 Å². The second kappa shape index (κ2) is 5.52. The molecule has 0 spiro atoms. The molecule has 1 aromatic heterocycles. The fourth-order valence-electron chi connectivity index (χ4n) is 3.13. The Labute approximate surface area is 135 Å². The Balaban J connectivity index is 1.90. The third-order valence-electron chi connectivity index (χ3n) is 4.19. The number of phenolic OH excluding ortho intramolecular Hbond substituents is 1. The smallest absolute Gasteiger partial charge is 0.362 e. The third-order valence-corrected chi connectivity index (χ3v) is 4.19. The summed E-state index contributed by atoms with van der Waals surface area (Å²) in [6, 6.07) is 17.6. The zero-order valence-electron chi connectivity index (χ0n) is 13.0. The monoisotopic (exact) mass is 304 g/mol. The van der Waals surface area contributed by atoms with Gasteiger partial charge in [0.25, 0.3) is 0 Å². The number of rotatable bonds is 1. The first-order chi connectivity index (χ1) is 11.2. The van der Waals surface area contributed by atoms with Crippen molar-refractivity contribution in [2.24, 2.45) is 0 Å². The molecule has 0 aliphatic carbocycles. The first-order valence-electron chi connectivity index (χ1n) is 7.73. The van der Waals surface area contributed by atoms with Crippen LogP contribution in [0.4, 0.5) is 0 Å². The highest BCUT2D eigenvalue weighted by molar-refractivity contribution is 5.87. The van der Waals surface area contributed by atoms with Crippen LogP contribution in [-0.4, -0.2) is 23.6 Å². The molecule has 0 amide bonds. The van der Waals surface area contributed by atoms with Gasteiger partial charge in [0.2, 0.25) is 0 Å². The van der Waals surface area contributed by atoms with Gasteiger partial charge in [-0.15, -0.1) is 0 Å². The number of phenols is 1. The van der Waals surface area contributed by atoms with Crippen molar-refractivity contribution in [2.75, 3.05) is 13.6 Å². The quantitative estimate of drug-likeness (QED) is 0.676. The molecule has 3 nitrogen and oxygen atoms in total. The van der Waals surface area contributed by atoms with Crippen LogP contribution in [0.25, 0.3) is 22.6 Å². The number of hydrogen-bond donors (Lipinski definition) is 1. The molecular formula is C20H18NO2+. The van der Waals surface area contributed by atoms with Crippen molar-refractivity contribution in [3.8, 4) is 5.75 Å². The molecule has 0 bridgehead atoms. The minimum atomic E-state index is 0.288. The number of nitrogens with zero attached hydrogens (tertiary/aromatic N) is 1. The lowest BCUT2D eigenvalue weighted by atomic mass is 9.98. The highest BCUT2D eigenvalue weighted by Crippen LogP contribution is 2.33. The van der Waals surface area contributed by atoms with E-state index in [0.717, 1.165) is 41.0 Å². The van der Waals surface area contributed by atoms with Crippen LogP contribution in [0.5, 0.6) is 5.75 Å². The SMILES string of the molecule is CN1C/C(=C/c2ccccc2O)c2[o+]c3ccccc3cc2C1. The zero-order chi connectivity index (χ0) is 15.8. The Morgan fingerprint density at radius 1 is 1.04 bits per heavy atom. The summed E-state index contributed by atoms with van der Waals surface area (Å²) < 4.78 is 6.18. The van der Waals surface area contributed by atoms with Gasteiger partial charge < -0.3 is 5.11 Å². The first kappa shape index (κ1) is 14.0. The van der Waals surface area contributed by atoms with Gasteiger partial charge in [0.15, 0.2) is 0 Å². The van der Waals surface area contributed by atoms with Gasteiger partial charge in [0.1, 0.15) is 5.75 Å². The van der Waals surface area contributed by atoms with Crippen molar-refractivity contribution in [2.45, 2.75) is 6.54 Å². The predicted molar refractivity (Wildman–Crippen MR) is 92.9 cm³/mol. The molecule has 0 fully saturated rings. The Hall–Kier alpha value is -2.65. The summed E-state index contributed by atoms with van der Waals surface area (Å²) in [4.78, 5) is 2.25. The fraction of sp³-hybridized carbons (Fsp3) is 0.150. The molecule has 23 heavy (non-hydrogen) atoms. The van der Waals surface area contributed by atoms with E-state index in [1.165, 1.54) is 5.56 Å². The largest absolute Gasteiger partial charge is 0.507 e. The van der Waals surface area contributed by atoms with Crippen molar-refractivity contribution in [3.63, 3.8) is 0 Å². The van der Waals surface area contributed by atoms with Crippen molar-refractivity contribution in [1.29, 1.82) is 0 Å². The molecule has 0 radical (unpaired) electrons. The summed E-state index contributed by atoms with van der Waals surface area (Å²) in [5.74, 6) is 1.21. The van der Waals surface area contributed by atoms with Crippen LogP contribution >= 0.6 is 0 Å². The lowest BCUT2D eigenvalue weighted by molar-refractivity contribution is 0.346. The lowest BCUT2D eigenvalue weighted by Gasteiger charge is -2.21. The zero-order valence-corrected chi connectivity index (χ0v) is 13.0. The van der Waals surface area contributed by atoms with Crippen LogP contribution in [0.2, 0.25) is 0 Å². The molecule has 4 rings (SSSR count). The van der Waals surface area contributed by atoms with Gasteiger partial charge in [-0.05, 0) is 31.3 Å². The van der Waals surface area contributed by atoms with Crippen molar-refractivity contribution in [3.05, 3.63) is 71.5 Å². The molecule has 114 valence electrons. The van der Waals surface area contributed by atoms with Gasteiger partial charge >= 0.3 is 11.3 Å². The van der Waals surface area contributed by atoms with E-state index < -0.39 is 0 Å². The average molecular weight is 304 g/mol. The molecule has 2 aromatic carbocycles. The molecule has 2 heterocycles. The molecule has 0 saturated heterocycles. The van der Waals surface area contributed by atoms with E-state index in [1.807, 2.05) is 42.5 Å². The van der Waals surface area contributed by atoms with Crippen LogP contribution in [-0.2, 0) is 6.54 Å². The molecular weight excluding hydrogens is 286 g/mol. The maximum Gasteiger partial charge on any atom is 0.362 e. The molecule has 3 aromatic rings. The maximum atomic E-state index is 10.0. The van der Waals surface area contributed by atoms with Gasteiger partial charge in [-0.25, -0.2) is 4.42 Å². The maximum absolute atomic E-state index is 10.0. The molecule has 0 unspecified atom stereocenters. The fourth-order valence-corrected chi connectivity index (χ4v) is 3.13. The summed E-state index contributed by atoms with van der Waals surface area (Å²) in [5, 5.41) is 11.2. The number of para-hydroxylation sites is 2. The molecule has 3 heteroatoms. The molecule has 0 atom stereocenters. The van der Waals surface area contributed by atoms with Crippen LogP contribution in [0, 0.1) is 0 Å². The summed E-state index contributed by atoms with van der Waals surface area (Å²) >= 11 is 0. The van der Waals surface area contributed by atoms with Gasteiger partial charge in [-0.2, -0.15) is 0 Å². The van der Waals surface area contributed by atoms with Crippen LogP contribution in [0.15, 0.2) is 59.0 Å². The number of benzene rings is 2. The minimum Gasteiger partial charge on any atom is -0.507 e. The van der Waals surface area contributed by atoms with Crippen molar-refractivity contribution < 1.29 is 9.52 Å². The van der Waals surface area contributed by atoms with Gasteiger partial charge in [-0.1, -0.05) is 30.3 Å². The average Bonchev–Trinajstić information content (AvgIpc) is 2.55. The Kier molecular flexibility index (Phi) is 3.36. The van der Waals surface area contributed by atoms with Crippen molar-refractivity contribution >= 4 is 22.6 Å². The molecule has 0 saturated carbocycles. The van der Waals surface area contributed by atoms with E-state index in [-0.39, 0.29) is 5.75 Å². The number of aromatic hydroxyl groups is 1. The molecule has 1 aliphatic heterocycles. The Morgan fingerprint density at radius 3 is 2.70 bits per heavy atom. The summed E-state index contributed by atoms with van der Waals surface area (Å²) in [6.07, 6.45) is 2.02. The molecule has 1 N–H and O–H groups in total. The lowest BCUT2D eigenvalue weighted by Crippen LogP contribution is -2.25. The van der Waals surface area contributed by atoms with E-state index in [4.69, 9.17) is 4.42 Å². The number of fused-ring (bicyclic) bond motifs is 2. The predicted octanol–water partition coefficient (Wildman–Crippen LogP) is 4.41. The second-order valence-corrected chi connectivity index (χ2v) is 6.04. The highest BCUT2D eigenvalue weighted by atomic mass is 16.3. The van der Waals surface area contributed by atoms with E-state index in [9.17, 15) is 5.11 Å². The summed E-state index contributed by atoms with van der Waals surface area (Å²) in [5.41, 5.74) is 3.96. The second-order valence-electron chi connectivity index (χ2n) is 6.04. The summed E-state index contributed by atoms with van der Waals surface area (Å²) in [7, 11) is 2.09. The van der Waals surface area contributed by atoms with E-state index in [0.29, 0.717) is 0 Å². The highest BCUT2D eigenvalue weighted by Gasteiger charge is 2.29. The van der Waals surface area contributed by atoms with E-state index in [1.54, 1.807) is 6.07 Å². The van der Waals surface area contributed by atoms with Gasteiger partial charge in [-0.3, -0.25) is 4.90 Å². The number of hydrogen-bond acceptors (Lipinski definition) is 2. The number of likely N-dealkylation sites (N-methyl/N-ethyl adjacent to an activating group) is 1. The minimum absolute atomic E-state index is 0.288. The van der Waals surface area contributed by atoms with Crippen LogP contribution in [0.3, 0.4) is 0 Å². The first-order valence-corrected chi connectivity index (χ1v) is 7.73. The topological polar surface area (TPSA) is 34.8 Å². The van der Waals surface area contributed by atoms with Crippen LogP contribution < -0.4 is 0 Å². The van der Waals surface area contributed by atoms with Gasteiger partial charge in [0.05, 0.1) is 16.5 Å². The molecule has 1 aliphatic rings. The van der Waals surface area contributed by atoms with Crippen LogP contribution in [0.1, 0.15) is 16.9 Å². The van der Waals surface area contributed by atoms with E-state index in [2.05, 4.69) is 24.1 Å². The van der Waals surface area contributed by atoms with E-state index >= 15 is 0 Å². The Bertz CT molecular complexity index is 914. The summed E-state index contributed by atoms with van der Waals surface area (Å²) in [6.45, 7) is 1.66.